The highest BCUT2D eigenvalue weighted by molar-refractivity contribution is 6.09. The van der Waals surface area contributed by atoms with Gasteiger partial charge < -0.3 is 9.32 Å². The lowest BCUT2D eigenvalue weighted by atomic mass is 9.96. The molecule has 11 aromatic rings. The first-order valence-corrected chi connectivity index (χ1v) is 20.4. The van der Waals surface area contributed by atoms with Crippen molar-refractivity contribution in [1.82, 2.24) is 4.98 Å². The number of anilines is 3. The first-order valence-electron chi connectivity index (χ1n) is 20.4. The SMILES string of the molecule is c1ccc(-c2ccc(-c3nc4ccc5c(-c6ccc(-c7ccc(N(c8ccc(-c9ccccc9)cc8)c8ccc9ccccc9c8)cc7)cc6)cccc5c4o3)cc2)cc1. The Morgan fingerprint density at radius 2 is 0.800 bits per heavy atom. The molecule has 3 heteroatoms. The molecule has 60 heavy (non-hydrogen) atoms. The van der Waals surface area contributed by atoms with Gasteiger partial charge in [-0.3, -0.25) is 0 Å². The lowest BCUT2D eigenvalue weighted by Crippen LogP contribution is -2.09. The van der Waals surface area contributed by atoms with Crippen molar-refractivity contribution in [2.45, 2.75) is 0 Å². The van der Waals surface area contributed by atoms with Gasteiger partial charge in [0, 0.05) is 28.0 Å². The van der Waals surface area contributed by atoms with Crippen LogP contribution in [0.4, 0.5) is 17.1 Å². The Kier molecular flexibility index (Phi) is 8.83. The van der Waals surface area contributed by atoms with Gasteiger partial charge in [0.15, 0.2) is 5.58 Å². The summed E-state index contributed by atoms with van der Waals surface area (Å²) in [6.07, 6.45) is 0. The molecule has 1 aromatic heterocycles. The molecule has 0 N–H and O–H groups in total. The fourth-order valence-electron chi connectivity index (χ4n) is 8.40. The van der Waals surface area contributed by atoms with Crippen LogP contribution in [0.2, 0.25) is 0 Å². The van der Waals surface area contributed by atoms with Crippen molar-refractivity contribution in [2.24, 2.45) is 0 Å². The molecule has 0 unspecified atom stereocenters. The van der Waals surface area contributed by atoms with Gasteiger partial charge in [0.1, 0.15) is 5.52 Å². The molecule has 0 saturated carbocycles. The highest BCUT2D eigenvalue weighted by Gasteiger charge is 2.16. The number of benzene rings is 10. The van der Waals surface area contributed by atoms with Gasteiger partial charge in [0.25, 0.3) is 0 Å². The molecule has 0 saturated heterocycles. The zero-order valence-electron chi connectivity index (χ0n) is 32.7. The molecule has 0 aliphatic carbocycles. The van der Waals surface area contributed by atoms with Crippen molar-refractivity contribution in [3.8, 4) is 56.0 Å². The maximum Gasteiger partial charge on any atom is 0.227 e. The molecule has 3 nitrogen and oxygen atoms in total. The average molecular weight is 767 g/mol. The molecule has 0 amide bonds. The molecule has 11 rings (SSSR count). The van der Waals surface area contributed by atoms with E-state index >= 15 is 0 Å². The van der Waals surface area contributed by atoms with Crippen LogP contribution in [-0.2, 0) is 0 Å². The van der Waals surface area contributed by atoms with E-state index in [0.717, 1.165) is 66.8 Å². The Balaban J connectivity index is 0.884. The fraction of sp³-hybridized carbons (Fsp3) is 0. The van der Waals surface area contributed by atoms with Gasteiger partial charge in [-0.2, -0.15) is 0 Å². The quantitative estimate of drug-likeness (QED) is 0.154. The van der Waals surface area contributed by atoms with Gasteiger partial charge in [0.2, 0.25) is 5.89 Å². The number of aromatic nitrogens is 1. The largest absolute Gasteiger partial charge is 0.435 e. The first-order chi connectivity index (χ1) is 29.7. The molecule has 0 aliphatic heterocycles. The van der Waals surface area contributed by atoms with E-state index in [2.05, 4.69) is 229 Å². The van der Waals surface area contributed by atoms with E-state index in [4.69, 9.17) is 9.40 Å². The van der Waals surface area contributed by atoms with Crippen LogP contribution < -0.4 is 4.90 Å². The molecule has 0 atom stereocenters. The number of oxazole rings is 1. The molecule has 0 spiro atoms. The Labute approximate surface area is 349 Å². The van der Waals surface area contributed by atoms with Crippen molar-refractivity contribution in [2.75, 3.05) is 4.90 Å². The van der Waals surface area contributed by atoms with E-state index in [1.165, 1.54) is 33.0 Å². The summed E-state index contributed by atoms with van der Waals surface area (Å²) < 4.78 is 6.49. The lowest BCUT2D eigenvalue weighted by Gasteiger charge is -2.26. The summed E-state index contributed by atoms with van der Waals surface area (Å²) in [5.74, 6) is 0.624. The van der Waals surface area contributed by atoms with Crippen LogP contribution in [0.3, 0.4) is 0 Å². The van der Waals surface area contributed by atoms with E-state index in [0.29, 0.717) is 5.89 Å². The normalized spacial score (nSPS) is 11.3. The smallest absolute Gasteiger partial charge is 0.227 e. The van der Waals surface area contributed by atoms with Crippen LogP contribution in [0.25, 0.3) is 88.6 Å². The Morgan fingerprint density at radius 3 is 1.40 bits per heavy atom. The van der Waals surface area contributed by atoms with Gasteiger partial charge in [-0.05, 0) is 115 Å². The van der Waals surface area contributed by atoms with Gasteiger partial charge in [-0.15, -0.1) is 0 Å². The number of nitrogens with zero attached hydrogens (tertiary/aromatic N) is 2. The van der Waals surface area contributed by atoms with Crippen molar-refractivity contribution >= 4 is 49.7 Å². The minimum atomic E-state index is 0.624. The fourth-order valence-corrected chi connectivity index (χ4v) is 8.40. The predicted octanol–water partition coefficient (Wildman–Crippen LogP) is 15.9. The van der Waals surface area contributed by atoms with E-state index in [9.17, 15) is 0 Å². The number of rotatable bonds is 8. The maximum atomic E-state index is 6.49. The summed E-state index contributed by atoms with van der Waals surface area (Å²) in [6.45, 7) is 0. The number of hydrogen-bond donors (Lipinski definition) is 0. The van der Waals surface area contributed by atoms with Crippen molar-refractivity contribution in [1.29, 1.82) is 0 Å². The molecule has 0 bridgehead atoms. The van der Waals surface area contributed by atoms with Gasteiger partial charge >= 0.3 is 0 Å². The molecule has 1 heterocycles. The second-order valence-electron chi connectivity index (χ2n) is 15.2. The second kappa shape index (κ2) is 15.1. The monoisotopic (exact) mass is 766 g/mol. The maximum absolute atomic E-state index is 6.49. The minimum absolute atomic E-state index is 0.624. The van der Waals surface area contributed by atoms with Crippen molar-refractivity contribution in [3.63, 3.8) is 0 Å². The average Bonchev–Trinajstić information content (AvgIpc) is 3.78. The molecule has 0 radical (unpaired) electrons. The van der Waals surface area contributed by atoms with Crippen LogP contribution in [0.5, 0.6) is 0 Å². The molecule has 0 aliphatic rings. The first kappa shape index (κ1) is 35.2. The number of fused-ring (bicyclic) bond motifs is 4. The van der Waals surface area contributed by atoms with Crippen molar-refractivity contribution in [3.05, 3.63) is 231 Å². The zero-order chi connectivity index (χ0) is 39.8. The van der Waals surface area contributed by atoms with Crippen LogP contribution in [-0.4, -0.2) is 4.98 Å². The van der Waals surface area contributed by atoms with Crippen LogP contribution in [0.15, 0.2) is 235 Å². The zero-order valence-corrected chi connectivity index (χ0v) is 32.7. The van der Waals surface area contributed by atoms with Gasteiger partial charge in [-0.1, -0.05) is 176 Å². The Bertz CT molecular complexity index is 3260. The summed E-state index contributed by atoms with van der Waals surface area (Å²) in [5.41, 5.74) is 15.3. The van der Waals surface area contributed by atoms with Crippen LogP contribution in [0, 0.1) is 0 Å². The predicted molar refractivity (Wildman–Crippen MR) is 251 cm³/mol. The third kappa shape index (κ3) is 6.58. The lowest BCUT2D eigenvalue weighted by molar-refractivity contribution is 0.623. The number of hydrogen-bond acceptors (Lipinski definition) is 3. The highest BCUT2D eigenvalue weighted by atomic mass is 16.3. The summed E-state index contributed by atoms with van der Waals surface area (Å²) in [4.78, 5) is 7.23. The Hall–Kier alpha value is -8.01. The van der Waals surface area contributed by atoms with Crippen LogP contribution in [0.1, 0.15) is 0 Å². The second-order valence-corrected chi connectivity index (χ2v) is 15.2. The standard InChI is InChI=1S/C57H38N2O/c1-3-10-39(11-4-1)42-20-24-47(25-21-42)57-58-55-37-36-53-52(16-9-17-54(53)56(55)60-57)46-22-18-43(19-23-46)45-28-33-50(34-29-45)59(51-35-30-41-14-7-8-15-48(41)38-51)49-31-26-44(27-32-49)40-12-5-2-6-13-40/h1-38H. The molecule has 10 aromatic carbocycles. The molecular weight excluding hydrogens is 729 g/mol. The topological polar surface area (TPSA) is 29.3 Å². The van der Waals surface area contributed by atoms with E-state index < -0.39 is 0 Å². The summed E-state index contributed by atoms with van der Waals surface area (Å²) in [7, 11) is 0. The summed E-state index contributed by atoms with van der Waals surface area (Å²) in [6, 6.07) is 81.9. The van der Waals surface area contributed by atoms with Gasteiger partial charge in [-0.25, -0.2) is 4.98 Å². The molecular formula is C57H38N2O. The van der Waals surface area contributed by atoms with Crippen LogP contribution >= 0.6 is 0 Å². The minimum Gasteiger partial charge on any atom is -0.435 e. The molecule has 282 valence electrons. The molecule has 0 fully saturated rings. The van der Waals surface area contributed by atoms with E-state index in [1.54, 1.807) is 0 Å². The third-order valence-corrected chi connectivity index (χ3v) is 11.5. The summed E-state index contributed by atoms with van der Waals surface area (Å²) >= 11 is 0. The highest BCUT2D eigenvalue weighted by Crippen LogP contribution is 2.40. The van der Waals surface area contributed by atoms with Gasteiger partial charge in [0.05, 0.1) is 0 Å². The Morgan fingerprint density at radius 1 is 0.317 bits per heavy atom. The third-order valence-electron chi connectivity index (χ3n) is 11.5. The van der Waals surface area contributed by atoms with E-state index in [-0.39, 0.29) is 0 Å². The summed E-state index contributed by atoms with van der Waals surface area (Å²) in [5, 5.41) is 4.62. The van der Waals surface area contributed by atoms with E-state index in [1.807, 2.05) is 6.07 Å². The van der Waals surface area contributed by atoms with Crippen molar-refractivity contribution < 1.29 is 4.42 Å².